The Bertz CT molecular complexity index is 436. The third-order valence-electron chi connectivity index (χ3n) is 3.73. The second-order valence-electron chi connectivity index (χ2n) is 5.06. The van der Waals surface area contributed by atoms with Crippen LogP contribution in [-0.2, 0) is 11.3 Å². The van der Waals surface area contributed by atoms with Gasteiger partial charge in [0.2, 0.25) is 0 Å². The van der Waals surface area contributed by atoms with Gasteiger partial charge in [0.05, 0.1) is 17.6 Å². The quantitative estimate of drug-likeness (QED) is 0.655. The van der Waals surface area contributed by atoms with Crippen LogP contribution in [0.5, 0.6) is 0 Å². The second kappa shape index (κ2) is 6.63. The molecule has 5 nitrogen and oxygen atoms in total. The molecule has 104 valence electrons. The fourth-order valence-corrected chi connectivity index (χ4v) is 2.63. The topological polar surface area (TPSA) is 78.4 Å². The Balaban J connectivity index is 1.94. The maximum Gasteiger partial charge on any atom is 0.269 e. The number of nitrogens with two attached hydrogens (primary N) is 1. The fraction of sp³-hybridized carbons (Fsp3) is 0.571. The number of rotatable bonds is 5. The first kappa shape index (κ1) is 14.0. The van der Waals surface area contributed by atoms with Crippen molar-refractivity contribution in [2.45, 2.75) is 38.4 Å². The number of nitro groups is 1. The second-order valence-corrected chi connectivity index (χ2v) is 5.06. The third-order valence-corrected chi connectivity index (χ3v) is 3.73. The molecule has 1 aliphatic rings. The van der Waals surface area contributed by atoms with E-state index in [1.807, 2.05) is 6.07 Å². The van der Waals surface area contributed by atoms with Crippen molar-refractivity contribution in [1.29, 1.82) is 0 Å². The average molecular weight is 264 g/mol. The van der Waals surface area contributed by atoms with Gasteiger partial charge in [-0.1, -0.05) is 25.0 Å². The molecule has 0 saturated heterocycles. The van der Waals surface area contributed by atoms with Gasteiger partial charge in [0.1, 0.15) is 0 Å². The summed E-state index contributed by atoms with van der Waals surface area (Å²) in [5.41, 5.74) is 6.71. The molecule has 19 heavy (non-hydrogen) atoms. The summed E-state index contributed by atoms with van der Waals surface area (Å²) in [4.78, 5) is 10.3. The lowest BCUT2D eigenvalue weighted by atomic mass is 9.86. The number of benzene rings is 1. The molecular formula is C14H20N2O3. The maximum absolute atomic E-state index is 10.7. The van der Waals surface area contributed by atoms with Gasteiger partial charge in [0.15, 0.2) is 0 Å². The SMILES string of the molecule is NCC1CCCCC1OCc1cccc([N+](=O)[O-])c1. The highest BCUT2D eigenvalue weighted by atomic mass is 16.6. The summed E-state index contributed by atoms with van der Waals surface area (Å²) in [6.07, 6.45) is 4.75. The molecule has 0 aromatic heterocycles. The van der Waals surface area contributed by atoms with E-state index in [9.17, 15) is 10.1 Å². The molecule has 1 aromatic carbocycles. The minimum Gasteiger partial charge on any atom is -0.373 e. The predicted octanol–water partition coefficient (Wildman–Crippen LogP) is 2.63. The summed E-state index contributed by atoms with van der Waals surface area (Å²) in [6.45, 7) is 1.07. The molecular weight excluding hydrogens is 244 g/mol. The van der Waals surface area contributed by atoms with Crippen LogP contribution in [0.15, 0.2) is 24.3 Å². The summed E-state index contributed by atoms with van der Waals surface area (Å²) in [5.74, 6) is 0.424. The molecule has 0 radical (unpaired) electrons. The van der Waals surface area contributed by atoms with E-state index in [1.54, 1.807) is 12.1 Å². The minimum absolute atomic E-state index is 0.111. The molecule has 0 aliphatic heterocycles. The Morgan fingerprint density at radius 2 is 2.16 bits per heavy atom. The number of hydrogen-bond acceptors (Lipinski definition) is 4. The zero-order chi connectivity index (χ0) is 13.7. The lowest BCUT2D eigenvalue weighted by Crippen LogP contribution is -2.33. The van der Waals surface area contributed by atoms with Crippen molar-refractivity contribution in [3.05, 3.63) is 39.9 Å². The van der Waals surface area contributed by atoms with Gasteiger partial charge in [-0.15, -0.1) is 0 Å². The van der Waals surface area contributed by atoms with Crippen LogP contribution in [0, 0.1) is 16.0 Å². The van der Waals surface area contributed by atoms with Gasteiger partial charge in [-0.25, -0.2) is 0 Å². The molecule has 2 atom stereocenters. The van der Waals surface area contributed by atoms with E-state index in [1.165, 1.54) is 18.9 Å². The molecule has 0 heterocycles. The molecule has 0 bridgehead atoms. The fourth-order valence-electron chi connectivity index (χ4n) is 2.63. The van der Waals surface area contributed by atoms with Crippen LogP contribution in [0.3, 0.4) is 0 Å². The largest absolute Gasteiger partial charge is 0.373 e. The zero-order valence-corrected chi connectivity index (χ0v) is 11.0. The molecule has 2 rings (SSSR count). The van der Waals surface area contributed by atoms with Gasteiger partial charge in [0.25, 0.3) is 5.69 Å². The van der Waals surface area contributed by atoms with Crippen molar-refractivity contribution in [3.63, 3.8) is 0 Å². The standard InChI is InChI=1S/C14H20N2O3/c15-9-12-5-1-2-7-14(12)19-10-11-4-3-6-13(8-11)16(17)18/h3-4,6,8,12,14H,1-2,5,7,9-10,15H2. The van der Waals surface area contributed by atoms with Crippen LogP contribution in [0.2, 0.25) is 0 Å². The van der Waals surface area contributed by atoms with E-state index in [-0.39, 0.29) is 16.7 Å². The first-order valence-electron chi connectivity index (χ1n) is 6.75. The van der Waals surface area contributed by atoms with E-state index in [0.717, 1.165) is 18.4 Å². The van der Waals surface area contributed by atoms with Gasteiger partial charge < -0.3 is 10.5 Å². The summed E-state index contributed by atoms with van der Waals surface area (Å²) in [5, 5.41) is 10.7. The van der Waals surface area contributed by atoms with Crippen molar-refractivity contribution in [1.82, 2.24) is 0 Å². The van der Waals surface area contributed by atoms with Crippen LogP contribution in [-0.4, -0.2) is 17.6 Å². The molecule has 2 unspecified atom stereocenters. The molecule has 1 fully saturated rings. The highest BCUT2D eigenvalue weighted by Gasteiger charge is 2.24. The number of non-ortho nitro benzene ring substituents is 1. The Morgan fingerprint density at radius 3 is 2.89 bits per heavy atom. The van der Waals surface area contributed by atoms with Crippen molar-refractivity contribution >= 4 is 5.69 Å². The molecule has 1 aliphatic carbocycles. The Morgan fingerprint density at radius 1 is 1.37 bits per heavy atom. The van der Waals surface area contributed by atoms with Crippen LogP contribution in [0.4, 0.5) is 5.69 Å². The van der Waals surface area contributed by atoms with Crippen LogP contribution in [0.25, 0.3) is 0 Å². The molecule has 0 spiro atoms. The van der Waals surface area contributed by atoms with Crippen molar-refractivity contribution in [2.75, 3.05) is 6.54 Å². The summed E-state index contributed by atoms with van der Waals surface area (Å²) < 4.78 is 5.90. The highest BCUT2D eigenvalue weighted by Crippen LogP contribution is 2.27. The Labute approximate surface area is 112 Å². The van der Waals surface area contributed by atoms with Crippen molar-refractivity contribution in [3.8, 4) is 0 Å². The van der Waals surface area contributed by atoms with Gasteiger partial charge in [0, 0.05) is 12.1 Å². The summed E-state index contributed by atoms with van der Waals surface area (Å²) in [6, 6.07) is 6.61. The minimum atomic E-state index is -0.382. The van der Waals surface area contributed by atoms with E-state index in [2.05, 4.69) is 0 Å². The Kier molecular flexibility index (Phi) is 4.87. The van der Waals surface area contributed by atoms with Crippen LogP contribution in [0.1, 0.15) is 31.2 Å². The molecule has 1 aromatic rings. The molecule has 2 N–H and O–H groups in total. The summed E-state index contributed by atoms with van der Waals surface area (Å²) >= 11 is 0. The lowest BCUT2D eigenvalue weighted by Gasteiger charge is -2.30. The number of hydrogen-bond donors (Lipinski definition) is 1. The number of ether oxygens (including phenoxy) is 1. The van der Waals surface area contributed by atoms with Gasteiger partial charge in [-0.2, -0.15) is 0 Å². The van der Waals surface area contributed by atoms with E-state index < -0.39 is 0 Å². The number of nitro benzene ring substituents is 1. The van der Waals surface area contributed by atoms with Crippen molar-refractivity contribution in [2.24, 2.45) is 11.7 Å². The summed E-state index contributed by atoms with van der Waals surface area (Å²) in [7, 11) is 0. The van der Waals surface area contributed by atoms with E-state index in [0.29, 0.717) is 19.1 Å². The first-order chi connectivity index (χ1) is 9.20. The van der Waals surface area contributed by atoms with E-state index >= 15 is 0 Å². The average Bonchev–Trinajstić information content (AvgIpc) is 2.45. The first-order valence-corrected chi connectivity index (χ1v) is 6.75. The third kappa shape index (κ3) is 3.75. The van der Waals surface area contributed by atoms with Crippen molar-refractivity contribution < 1.29 is 9.66 Å². The monoisotopic (exact) mass is 264 g/mol. The predicted molar refractivity (Wildman–Crippen MR) is 72.7 cm³/mol. The zero-order valence-electron chi connectivity index (χ0n) is 11.0. The molecule has 0 amide bonds. The lowest BCUT2D eigenvalue weighted by molar-refractivity contribution is -0.385. The normalized spacial score (nSPS) is 23.2. The highest BCUT2D eigenvalue weighted by molar-refractivity contribution is 5.33. The molecule has 1 saturated carbocycles. The number of nitrogens with zero attached hydrogens (tertiary/aromatic N) is 1. The van der Waals surface area contributed by atoms with Gasteiger partial charge in [-0.05, 0) is 30.9 Å². The van der Waals surface area contributed by atoms with Crippen LogP contribution >= 0.6 is 0 Å². The smallest absolute Gasteiger partial charge is 0.269 e. The Hall–Kier alpha value is -1.46. The van der Waals surface area contributed by atoms with E-state index in [4.69, 9.17) is 10.5 Å². The maximum atomic E-state index is 10.7. The van der Waals surface area contributed by atoms with Crippen LogP contribution < -0.4 is 5.73 Å². The molecule has 5 heteroatoms. The van der Waals surface area contributed by atoms with Gasteiger partial charge >= 0.3 is 0 Å². The van der Waals surface area contributed by atoms with Gasteiger partial charge in [-0.3, -0.25) is 10.1 Å².